The lowest BCUT2D eigenvalue weighted by Crippen LogP contribution is -2.37. The van der Waals surface area contributed by atoms with Crippen LogP contribution in [0.4, 0.5) is 0 Å². The van der Waals surface area contributed by atoms with Crippen LogP contribution in [0.2, 0.25) is 0 Å². The summed E-state index contributed by atoms with van der Waals surface area (Å²) in [5.74, 6) is -0.389. The molecule has 0 aromatic rings. The van der Waals surface area contributed by atoms with Crippen LogP contribution in [0.5, 0.6) is 0 Å². The second-order valence-corrected chi connectivity index (χ2v) is 13.3. The van der Waals surface area contributed by atoms with Crippen LogP contribution in [-0.4, -0.2) is 81.7 Å². The minimum atomic E-state index is -4.30. The van der Waals surface area contributed by atoms with E-state index in [1.54, 1.807) is 0 Å². The molecule has 0 amide bonds. The molecule has 2 atom stereocenters. The van der Waals surface area contributed by atoms with Gasteiger partial charge in [0.05, 0.1) is 27.7 Å². The lowest BCUT2D eigenvalue weighted by Gasteiger charge is -2.24. The molecular weight excluding hydrogens is 561 g/mol. The summed E-state index contributed by atoms with van der Waals surface area (Å²) in [6.45, 7) is 4.40. The highest BCUT2D eigenvalue weighted by Crippen LogP contribution is 2.43. The molecule has 1 N–H and O–H groups in total. The van der Waals surface area contributed by atoms with Crippen LogP contribution in [0.25, 0.3) is 0 Å². The van der Waals surface area contributed by atoms with E-state index in [0.29, 0.717) is 17.4 Å². The first-order chi connectivity index (χ1) is 20.0. The first kappa shape index (κ1) is 42.8. The Hall–Kier alpha value is -1.32. The van der Waals surface area contributed by atoms with Crippen molar-refractivity contribution in [1.29, 1.82) is 0 Å². The van der Waals surface area contributed by atoms with Gasteiger partial charge in [0.2, 0.25) is 0 Å². The number of likely N-dealkylation sites (N-methyl/N-ethyl adjacent to an activating group) is 1. The van der Waals surface area contributed by atoms with Gasteiger partial charge in [0, 0.05) is 12.8 Å². The maximum atomic E-state index is 12.0. The predicted octanol–water partition coefficient (Wildman–Crippen LogP) is 7.16. The maximum absolute atomic E-state index is 12.0. The van der Waals surface area contributed by atoms with Gasteiger partial charge in [-0.25, -0.2) is 4.57 Å². The van der Waals surface area contributed by atoms with Crippen molar-refractivity contribution in [3.8, 4) is 0 Å². The van der Waals surface area contributed by atoms with Gasteiger partial charge in [-0.1, -0.05) is 104 Å². The van der Waals surface area contributed by atoms with E-state index < -0.39 is 20.5 Å². The SMILES string of the molecule is CCCCC=O.CCCCCCCCCCCCCCCCC(=O)OCC(COP(=O)(O)OCC[N+](C)(C)C)OC=O. The van der Waals surface area contributed by atoms with E-state index in [1.165, 1.54) is 70.6 Å². The Balaban J connectivity index is 0. The molecule has 0 rings (SSSR count). The summed E-state index contributed by atoms with van der Waals surface area (Å²) < 4.78 is 32.3. The van der Waals surface area contributed by atoms with Gasteiger partial charge in [-0.05, 0) is 12.8 Å². The second kappa shape index (κ2) is 29.7. The normalized spacial score (nSPS) is 13.4. The lowest BCUT2D eigenvalue weighted by atomic mass is 10.0. The number of phosphoric ester groups is 1. The molecule has 0 heterocycles. The van der Waals surface area contributed by atoms with Crippen molar-refractivity contribution in [3.63, 3.8) is 0 Å². The molecule has 0 aromatic heterocycles. The Labute approximate surface area is 256 Å². The van der Waals surface area contributed by atoms with Crippen LogP contribution in [-0.2, 0) is 37.5 Å². The Morgan fingerprint density at radius 1 is 0.762 bits per heavy atom. The van der Waals surface area contributed by atoms with Crippen molar-refractivity contribution in [3.05, 3.63) is 0 Å². The van der Waals surface area contributed by atoms with Crippen LogP contribution >= 0.6 is 7.82 Å². The van der Waals surface area contributed by atoms with Gasteiger partial charge < -0.3 is 23.6 Å². The van der Waals surface area contributed by atoms with Crippen molar-refractivity contribution in [1.82, 2.24) is 0 Å². The van der Waals surface area contributed by atoms with E-state index >= 15 is 0 Å². The van der Waals surface area contributed by atoms with E-state index in [4.69, 9.17) is 18.5 Å². The molecule has 250 valence electrons. The summed E-state index contributed by atoms with van der Waals surface area (Å²) in [6.07, 6.45) is 20.6. The Morgan fingerprint density at radius 2 is 1.26 bits per heavy atom. The quantitative estimate of drug-likeness (QED) is 0.0303. The summed E-state index contributed by atoms with van der Waals surface area (Å²) in [4.78, 5) is 42.0. The summed E-state index contributed by atoms with van der Waals surface area (Å²) in [5.41, 5.74) is 0. The number of ether oxygens (including phenoxy) is 2. The number of esters is 1. The van der Waals surface area contributed by atoms with Crippen molar-refractivity contribution >= 4 is 26.6 Å². The minimum absolute atomic E-state index is 0.0324. The second-order valence-electron chi connectivity index (χ2n) is 11.8. The number of hydrogen-bond donors (Lipinski definition) is 1. The standard InChI is InChI=1S/C26H52NO8P.C5H10O/c1-5-6-7-8-9-10-11-12-13-14-15-16-17-18-19-26(29)32-22-25(33-24-28)23-35-36(30,31)34-21-20-27(2,3)4;1-2-3-4-5-6/h24-25H,5-23H2,1-4H3;5H,2-4H2,1H3/p+1. The molecule has 0 saturated heterocycles. The molecule has 0 bridgehead atoms. The number of unbranched alkanes of at least 4 members (excludes halogenated alkanes) is 15. The molecular formula is C31H63NO9P+. The van der Waals surface area contributed by atoms with Crippen LogP contribution in [0.15, 0.2) is 0 Å². The molecule has 10 nitrogen and oxygen atoms in total. The average Bonchev–Trinajstić information content (AvgIpc) is 2.93. The molecule has 0 radical (unpaired) electrons. The summed E-state index contributed by atoms with van der Waals surface area (Å²) in [6, 6.07) is 0. The number of carbonyl (C=O) groups excluding carboxylic acids is 3. The van der Waals surface area contributed by atoms with Crippen molar-refractivity contribution in [2.45, 2.75) is 136 Å². The predicted molar refractivity (Wildman–Crippen MR) is 167 cm³/mol. The summed E-state index contributed by atoms with van der Waals surface area (Å²) in [5, 5.41) is 0. The molecule has 0 spiro atoms. The van der Waals surface area contributed by atoms with E-state index in [0.717, 1.165) is 44.8 Å². The number of aldehydes is 1. The number of carbonyl (C=O) groups is 3. The molecule has 11 heteroatoms. The fourth-order valence-electron chi connectivity index (χ4n) is 3.86. The largest absolute Gasteiger partial charge is 0.472 e. The highest BCUT2D eigenvalue weighted by molar-refractivity contribution is 7.47. The fourth-order valence-corrected chi connectivity index (χ4v) is 4.60. The van der Waals surface area contributed by atoms with Crippen molar-refractivity contribution < 1.29 is 46.8 Å². The summed E-state index contributed by atoms with van der Waals surface area (Å²) in [7, 11) is 1.48. The molecule has 0 aliphatic carbocycles. The average molecular weight is 625 g/mol. The van der Waals surface area contributed by atoms with Gasteiger partial charge in [0.1, 0.15) is 26.0 Å². The first-order valence-electron chi connectivity index (χ1n) is 16.1. The topological polar surface area (TPSA) is 125 Å². The number of phosphoric acid groups is 1. The van der Waals surface area contributed by atoms with Crippen LogP contribution in [0, 0.1) is 0 Å². The number of hydrogen-bond acceptors (Lipinski definition) is 8. The monoisotopic (exact) mass is 624 g/mol. The number of rotatable bonds is 29. The Bertz CT molecular complexity index is 686. The first-order valence-corrected chi connectivity index (χ1v) is 17.6. The van der Waals surface area contributed by atoms with E-state index in [1.807, 2.05) is 21.1 Å². The van der Waals surface area contributed by atoms with Gasteiger partial charge in [0.15, 0.2) is 6.10 Å². The van der Waals surface area contributed by atoms with E-state index in [2.05, 4.69) is 13.8 Å². The molecule has 0 aliphatic heterocycles. The van der Waals surface area contributed by atoms with Gasteiger partial charge >= 0.3 is 13.8 Å². The zero-order valence-corrected chi connectivity index (χ0v) is 28.3. The van der Waals surface area contributed by atoms with Gasteiger partial charge in [0.25, 0.3) is 6.47 Å². The zero-order chi connectivity index (χ0) is 32.0. The van der Waals surface area contributed by atoms with Gasteiger partial charge in [-0.3, -0.25) is 18.6 Å². The molecule has 0 saturated carbocycles. The number of quaternary nitrogens is 1. The van der Waals surface area contributed by atoms with Crippen molar-refractivity contribution in [2.24, 2.45) is 0 Å². The third-order valence-electron chi connectivity index (χ3n) is 6.53. The number of nitrogens with zero attached hydrogens (tertiary/aromatic N) is 1. The van der Waals surface area contributed by atoms with Gasteiger partial charge in [-0.2, -0.15) is 0 Å². The highest BCUT2D eigenvalue weighted by Gasteiger charge is 2.25. The minimum Gasteiger partial charge on any atom is -0.462 e. The fraction of sp³-hybridized carbons (Fsp3) is 0.903. The Morgan fingerprint density at radius 3 is 1.69 bits per heavy atom. The van der Waals surface area contributed by atoms with E-state index in [-0.39, 0.29) is 25.7 Å². The van der Waals surface area contributed by atoms with Crippen molar-refractivity contribution in [2.75, 3.05) is 47.5 Å². The van der Waals surface area contributed by atoms with Gasteiger partial charge in [-0.15, -0.1) is 0 Å². The van der Waals surface area contributed by atoms with Crippen LogP contribution < -0.4 is 0 Å². The molecule has 0 aliphatic rings. The summed E-state index contributed by atoms with van der Waals surface area (Å²) >= 11 is 0. The smallest absolute Gasteiger partial charge is 0.462 e. The third-order valence-corrected chi connectivity index (χ3v) is 7.51. The molecule has 0 fully saturated rings. The maximum Gasteiger partial charge on any atom is 0.472 e. The Kier molecular flexibility index (Phi) is 30.3. The lowest BCUT2D eigenvalue weighted by molar-refractivity contribution is -0.870. The van der Waals surface area contributed by atoms with Crippen LogP contribution in [0.1, 0.15) is 129 Å². The van der Waals surface area contributed by atoms with Crippen LogP contribution in [0.3, 0.4) is 0 Å². The highest BCUT2D eigenvalue weighted by atomic mass is 31.2. The molecule has 42 heavy (non-hydrogen) atoms. The zero-order valence-electron chi connectivity index (χ0n) is 27.4. The molecule has 0 aromatic carbocycles. The third kappa shape index (κ3) is 34.9. The van der Waals surface area contributed by atoms with E-state index in [9.17, 15) is 23.8 Å². The molecule has 2 unspecified atom stereocenters.